The molecule has 1 aromatic heterocycles. The van der Waals surface area contributed by atoms with E-state index in [4.69, 9.17) is 0 Å². The Labute approximate surface area is 200 Å². The van der Waals surface area contributed by atoms with Crippen molar-refractivity contribution in [2.45, 2.75) is 43.5 Å². The molecule has 8 nitrogen and oxygen atoms in total. The van der Waals surface area contributed by atoms with Gasteiger partial charge in [0.25, 0.3) is 0 Å². The number of rotatable bonds is 13. The fraction of sp³-hybridized carbons (Fsp3) is 0.474. The van der Waals surface area contributed by atoms with Crippen LogP contribution in [0.5, 0.6) is 0 Å². The molecule has 0 amide bonds. The van der Waals surface area contributed by atoms with Crippen LogP contribution in [-0.4, -0.2) is 47.1 Å². The SMILES string of the molecule is C[C@H](CO)Nc1nc(Nc2cccc(S(=O)(=O)NCCCCCCI)c2)ncc1Br. The number of anilines is 3. The predicted molar refractivity (Wildman–Crippen MR) is 132 cm³/mol. The smallest absolute Gasteiger partial charge is 0.240 e. The maximum absolute atomic E-state index is 12.6. The quantitative estimate of drug-likeness (QED) is 0.153. The van der Waals surface area contributed by atoms with Gasteiger partial charge in [0.2, 0.25) is 16.0 Å². The van der Waals surface area contributed by atoms with Gasteiger partial charge >= 0.3 is 0 Å². The Kier molecular flexibility index (Phi) is 10.7. The standard InChI is InChI=1S/C19H27BrIN5O3S/c1-14(13-27)24-18-17(20)12-22-19(26-18)25-15-7-6-8-16(11-15)30(28,29)23-10-5-3-2-4-9-21/h6-8,11-12,14,23,27H,2-5,9-10,13H2,1H3,(H2,22,24,25,26)/t14-/m1/s1. The Balaban J connectivity index is 2.04. The summed E-state index contributed by atoms with van der Waals surface area (Å²) in [6.07, 6.45) is 5.70. The van der Waals surface area contributed by atoms with Gasteiger partial charge in [0, 0.05) is 24.5 Å². The largest absolute Gasteiger partial charge is 0.394 e. The van der Waals surface area contributed by atoms with Crippen LogP contribution in [0.4, 0.5) is 17.5 Å². The minimum Gasteiger partial charge on any atom is -0.394 e. The summed E-state index contributed by atoms with van der Waals surface area (Å²) in [4.78, 5) is 8.77. The molecule has 0 bridgehead atoms. The highest BCUT2D eigenvalue weighted by Crippen LogP contribution is 2.23. The molecule has 0 aliphatic carbocycles. The maximum Gasteiger partial charge on any atom is 0.240 e. The van der Waals surface area contributed by atoms with Gasteiger partial charge in [-0.05, 0) is 58.3 Å². The van der Waals surface area contributed by atoms with Crippen LogP contribution in [0.15, 0.2) is 39.8 Å². The highest BCUT2D eigenvalue weighted by atomic mass is 127. The van der Waals surface area contributed by atoms with Crippen molar-refractivity contribution < 1.29 is 13.5 Å². The number of aromatic nitrogens is 2. The Bertz CT molecular complexity index is 917. The second-order valence-corrected chi connectivity index (χ2v) is 10.5. The molecule has 0 aliphatic rings. The summed E-state index contributed by atoms with van der Waals surface area (Å²) in [7, 11) is -3.58. The van der Waals surface area contributed by atoms with Crippen LogP contribution in [0.2, 0.25) is 0 Å². The predicted octanol–water partition coefficient (Wildman–Crippen LogP) is 4.05. The second kappa shape index (κ2) is 12.7. The van der Waals surface area contributed by atoms with E-state index in [9.17, 15) is 13.5 Å². The summed E-state index contributed by atoms with van der Waals surface area (Å²) in [6.45, 7) is 2.21. The molecule has 4 N–H and O–H groups in total. The van der Waals surface area contributed by atoms with Gasteiger partial charge in [-0.3, -0.25) is 0 Å². The van der Waals surface area contributed by atoms with Crippen LogP contribution in [0.25, 0.3) is 0 Å². The van der Waals surface area contributed by atoms with E-state index in [0.29, 0.717) is 28.5 Å². The number of aliphatic hydroxyl groups excluding tert-OH is 1. The number of halogens is 2. The number of alkyl halides is 1. The van der Waals surface area contributed by atoms with E-state index in [2.05, 4.69) is 63.8 Å². The molecule has 2 aromatic rings. The van der Waals surface area contributed by atoms with E-state index in [1.165, 1.54) is 0 Å². The lowest BCUT2D eigenvalue weighted by atomic mass is 10.2. The lowest BCUT2D eigenvalue weighted by Gasteiger charge is -2.14. The number of aliphatic hydroxyl groups is 1. The molecule has 0 saturated carbocycles. The molecule has 0 unspecified atom stereocenters. The van der Waals surface area contributed by atoms with Gasteiger partial charge in [-0.2, -0.15) is 4.98 Å². The van der Waals surface area contributed by atoms with Gasteiger partial charge in [0.1, 0.15) is 5.82 Å². The number of unbranched alkanes of at least 4 members (excludes halogenated alkanes) is 3. The first-order valence-electron chi connectivity index (χ1n) is 9.68. The third-order valence-electron chi connectivity index (χ3n) is 4.15. The summed E-state index contributed by atoms with van der Waals surface area (Å²) in [5.74, 6) is 0.839. The zero-order chi connectivity index (χ0) is 22.0. The fourth-order valence-corrected chi connectivity index (χ4v) is 4.51. The van der Waals surface area contributed by atoms with Crippen molar-refractivity contribution in [3.05, 3.63) is 34.9 Å². The minimum absolute atomic E-state index is 0.0373. The summed E-state index contributed by atoms with van der Waals surface area (Å²) in [5.41, 5.74) is 0.559. The average molecular weight is 612 g/mol. The van der Waals surface area contributed by atoms with Crippen molar-refractivity contribution in [3.63, 3.8) is 0 Å². The van der Waals surface area contributed by atoms with Crippen LogP contribution >= 0.6 is 38.5 Å². The van der Waals surface area contributed by atoms with Crippen molar-refractivity contribution >= 4 is 66.0 Å². The Hall–Kier alpha value is -1.02. The normalized spacial score (nSPS) is 12.5. The minimum atomic E-state index is -3.58. The van der Waals surface area contributed by atoms with Crippen LogP contribution in [0.1, 0.15) is 32.6 Å². The first-order valence-corrected chi connectivity index (χ1v) is 13.5. The molecule has 166 valence electrons. The van der Waals surface area contributed by atoms with Gasteiger partial charge < -0.3 is 15.7 Å². The third kappa shape index (κ3) is 8.25. The van der Waals surface area contributed by atoms with Crippen molar-refractivity contribution in [2.75, 3.05) is 28.2 Å². The zero-order valence-corrected chi connectivity index (χ0v) is 21.3. The molecule has 11 heteroatoms. The Morgan fingerprint density at radius 2 is 2.00 bits per heavy atom. The van der Waals surface area contributed by atoms with Gasteiger partial charge in [0.05, 0.1) is 16.0 Å². The number of nitrogens with zero attached hydrogens (tertiary/aromatic N) is 2. The lowest BCUT2D eigenvalue weighted by molar-refractivity contribution is 0.281. The first kappa shape index (κ1) is 25.2. The third-order valence-corrected chi connectivity index (χ3v) is 6.96. The van der Waals surface area contributed by atoms with E-state index in [1.54, 1.807) is 30.5 Å². The fourth-order valence-electron chi connectivity index (χ4n) is 2.54. The number of sulfonamides is 1. The molecule has 1 aromatic carbocycles. The van der Waals surface area contributed by atoms with Crippen molar-refractivity contribution in [1.82, 2.24) is 14.7 Å². The summed E-state index contributed by atoms with van der Waals surface area (Å²) in [6, 6.07) is 6.35. The van der Waals surface area contributed by atoms with E-state index >= 15 is 0 Å². The van der Waals surface area contributed by atoms with E-state index in [0.717, 1.165) is 30.1 Å². The molecule has 0 aliphatic heterocycles. The maximum atomic E-state index is 12.6. The Morgan fingerprint density at radius 1 is 1.23 bits per heavy atom. The molecule has 0 spiro atoms. The molecule has 2 rings (SSSR count). The lowest BCUT2D eigenvalue weighted by Crippen LogP contribution is -2.24. The van der Waals surface area contributed by atoms with Crippen molar-refractivity contribution in [1.29, 1.82) is 0 Å². The van der Waals surface area contributed by atoms with Gasteiger partial charge in [-0.1, -0.05) is 41.5 Å². The molecule has 1 atom stereocenters. The van der Waals surface area contributed by atoms with E-state index in [-0.39, 0.29) is 17.5 Å². The van der Waals surface area contributed by atoms with E-state index < -0.39 is 10.0 Å². The van der Waals surface area contributed by atoms with Crippen LogP contribution in [-0.2, 0) is 10.0 Å². The highest BCUT2D eigenvalue weighted by molar-refractivity contribution is 14.1. The molecule has 0 saturated heterocycles. The number of benzene rings is 1. The average Bonchev–Trinajstić information content (AvgIpc) is 2.73. The van der Waals surface area contributed by atoms with Crippen LogP contribution in [0, 0.1) is 0 Å². The van der Waals surface area contributed by atoms with Gasteiger partial charge in [0.15, 0.2) is 0 Å². The summed E-state index contributed by atoms with van der Waals surface area (Å²) >= 11 is 5.72. The van der Waals surface area contributed by atoms with Crippen molar-refractivity contribution in [2.24, 2.45) is 0 Å². The van der Waals surface area contributed by atoms with Gasteiger partial charge in [-0.15, -0.1) is 0 Å². The van der Waals surface area contributed by atoms with Crippen molar-refractivity contribution in [3.8, 4) is 0 Å². The molecular formula is C19H27BrIN5O3S. The first-order chi connectivity index (χ1) is 14.4. The summed E-state index contributed by atoms with van der Waals surface area (Å²) < 4.78 is 29.6. The molecule has 0 fully saturated rings. The van der Waals surface area contributed by atoms with Gasteiger partial charge in [-0.25, -0.2) is 18.1 Å². The van der Waals surface area contributed by atoms with E-state index in [1.807, 2.05) is 6.92 Å². The van der Waals surface area contributed by atoms with Crippen LogP contribution < -0.4 is 15.4 Å². The Morgan fingerprint density at radius 3 is 2.73 bits per heavy atom. The number of hydrogen-bond acceptors (Lipinski definition) is 7. The number of hydrogen-bond donors (Lipinski definition) is 4. The molecule has 30 heavy (non-hydrogen) atoms. The second-order valence-electron chi connectivity index (χ2n) is 6.77. The topological polar surface area (TPSA) is 116 Å². The highest BCUT2D eigenvalue weighted by Gasteiger charge is 2.14. The number of nitrogens with one attached hydrogen (secondary N) is 3. The molecule has 0 radical (unpaired) electrons. The summed E-state index contributed by atoms with van der Waals surface area (Å²) in [5, 5.41) is 15.3. The van der Waals surface area contributed by atoms with Crippen LogP contribution in [0.3, 0.4) is 0 Å². The monoisotopic (exact) mass is 611 g/mol. The molecule has 1 heterocycles. The zero-order valence-electron chi connectivity index (χ0n) is 16.7. The molecular weight excluding hydrogens is 585 g/mol.